The maximum absolute atomic E-state index is 8.88. The van der Waals surface area contributed by atoms with Gasteiger partial charge in [0.05, 0.1) is 0 Å². The van der Waals surface area contributed by atoms with Crippen LogP contribution in [0.1, 0.15) is 0 Å². The van der Waals surface area contributed by atoms with Crippen LogP contribution in [0.2, 0.25) is 0 Å². The van der Waals surface area contributed by atoms with E-state index < -0.39 is 15.6 Å². The molecule has 0 aliphatic rings. The molecule has 0 bridgehead atoms. The van der Waals surface area contributed by atoms with Crippen molar-refractivity contribution in [1.82, 2.24) is 0 Å². The Bertz CT molecular complexity index is 135. The fourth-order valence-corrected chi connectivity index (χ4v) is 0. The van der Waals surface area contributed by atoms with Gasteiger partial charge in [0.15, 0.2) is 0 Å². The SMILES string of the molecule is Cl.O=P(O)(O)O.O=P(O)(O)O.[CaH2].[CaH2].[CaH2]. The van der Waals surface area contributed by atoms with E-state index in [1.807, 2.05) is 0 Å². The van der Waals surface area contributed by atoms with Crippen LogP contribution in [-0.4, -0.2) is 143 Å². The number of hydrogen-bond donors (Lipinski definition) is 6. The van der Waals surface area contributed by atoms with Gasteiger partial charge >= 0.3 is 129 Å². The Labute approximate surface area is 176 Å². The zero-order valence-corrected chi connectivity index (χ0v) is 7.41. The molecule has 0 aromatic heterocycles. The summed E-state index contributed by atoms with van der Waals surface area (Å²) in [5.41, 5.74) is 0. The summed E-state index contributed by atoms with van der Waals surface area (Å²) in [5, 5.41) is 0. The Hall–Kier alpha value is 4.29. The summed E-state index contributed by atoms with van der Waals surface area (Å²) in [4.78, 5) is 43.1. The summed E-state index contributed by atoms with van der Waals surface area (Å²) in [6.07, 6.45) is 0. The molecular weight excluding hydrogens is 346 g/mol. The van der Waals surface area contributed by atoms with Crippen LogP contribution < -0.4 is 0 Å². The second-order valence-electron chi connectivity index (χ2n) is 1.03. The van der Waals surface area contributed by atoms with Crippen molar-refractivity contribution in [3.63, 3.8) is 0 Å². The Morgan fingerprint density at radius 3 is 0.571 bits per heavy atom. The molecule has 0 amide bonds. The van der Waals surface area contributed by atoms with E-state index in [0.717, 1.165) is 0 Å². The van der Waals surface area contributed by atoms with Crippen molar-refractivity contribution in [2.75, 3.05) is 0 Å². The van der Waals surface area contributed by atoms with E-state index in [-0.39, 0.29) is 126 Å². The zero-order chi connectivity index (χ0) is 9.00. The molecule has 8 nitrogen and oxygen atoms in total. The van der Waals surface area contributed by atoms with Crippen LogP contribution in [0.15, 0.2) is 0 Å². The average molecular weight is 359 g/mol. The Morgan fingerprint density at radius 1 is 0.571 bits per heavy atom. The maximum atomic E-state index is 8.88. The number of rotatable bonds is 0. The molecule has 0 aromatic rings. The third kappa shape index (κ3) is 207. The quantitative estimate of drug-likeness (QED) is 0.188. The van der Waals surface area contributed by atoms with Gasteiger partial charge in [-0.1, -0.05) is 0 Å². The third-order valence-corrected chi connectivity index (χ3v) is 0. The Kier molecular flexibility index (Phi) is 44.7. The second-order valence-corrected chi connectivity index (χ2v) is 3.08. The molecule has 0 spiro atoms. The summed E-state index contributed by atoms with van der Waals surface area (Å²) < 4.78 is 17.8. The number of halogens is 1. The third-order valence-electron chi connectivity index (χ3n) is 0. The standard InChI is InChI=1S/3Ca.ClH.2H3O4P.6H/c;;;;2*1-5(2,3)4;;;;;;/h;;;1H;2*(H3,1,2,3,4);;;;;;. The molecule has 14 heavy (non-hydrogen) atoms. The summed E-state index contributed by atoms with van der Waals surface area (Å²) >= 11 is 0. The van der Waals surface area contributed by atoms with E-state index in [9.17, 15) is 0 Å². The van der Waals surface area contributed by atoms with Gasteiger partial charge in [-0.15, -0.1) is 12.4 Å². The fourth-order valence-electron chi connectivity index (χ4n) is 0. The van der Waals surface area contributed by atoms with Crippen LogP contribution in [0.5, 0.6) is 0 Å². The van der Waals surface area contributed by atoms with Gasteiger partial charge in [-0.05, 0) is 0 Å². The van der Waals surface area contributed by atoms with Gasteiger partial charge in [-0.3, -0.25) is 0 Å². The average Bonchev–Trinajstić information content (AvgIpc) is 1.12. The Morgan fingerprint density at radius 2 is 0.571 bits per heavy atom. The van der Waals surface area contributed by atoms with E-state index in [0.29, 0.717) is 0 Å². The summed E-state index contributed by atoms with van der Waals surface area (Å²) in [7, 11) is -9.28. The predicted molar refractivity (Wildman–Crippen MR) is 61.4 cm³/mol. The molecule has 0 saturated carbocycles. The topological polar surface area (TPSA) is 156 Å². The minimum atomic E-state index is -4.64. The second kappa shape index (κ2) is 17.3. The first kappa shape index (κ1) is 36.2. The van der Waals surface area contributed by atoms with E-state index in [1.54, 1.807) is 0 Å². The first-order valence-corrected chi connectivity index (χ1v) is 4.70. The molecule has 14 heteroatoms. The fraction of sp³-hybridized carbons (Fsp3) is 0. The van der Waals surface area contributed by atoms with Crippen molar-refractivity contribution in [2.24, 2.45) is 0 Å². The van der Waals surface area contributed by atoms with Gasteiger partial charge in [-0.25, -0.2) is 9.13 Å². The molecule has 0 aliphatic heterocycles. The predicted octanol–water partition coefficient (Wildman–Crippen LogP) is -4.18. The molecule has 0 saturated heterocycles. The Balaban J connectivity index is -0.0000000178. The van der Waals surface area contributed by atoms with Crippen LogP contribution in [0, 0.1) is 0 Å². The van der Waals surface area contributed by atoms with Crippen molar-refractivity contribution in [3.8, 4) is 0 Å². The van der Waals surface area contributed by atoms with E-state index in [4.69, 9.17) is 38.5 Å². The molecule has 0 fully saturated rings. The van der Waals surface area contributed by atoms with Gasteiger partial charge in [0, 0.05) is 0 Å². The molecule has 0 rings (SSSR count). The van der Waals surface area contributed by atoms with E-state index >= 15 is 0 Å². The van der Waals surface area contributed by atoms with Crippen molar-refractivity contribution < 1.29 is 38.5 Å². The van der Waals surface area contributed by atoms with Crippen LogP contribution >= 0.6 is 28.1 Å². The molecule has 0 aliphatic carbocycles. The first-order valence-electron chi connectivity index (χ1n) is 1.57. The molecule has 0 atom stereocenters. The monoisotopic (exact) mass is 358 g/mol. The summed E-state index contributed by atoms with van der Waals surface area (Å²) in [6, 6.07) is 0. The van der Waals surface area contributed by atoms with Crippen molar-refractivity contribution in [3.05, 3.63) is 0 Å². The molecule has 0 radical (unpaired) electrons. The summed E-state index contributed by atoms with van der Waals surface area (Å²) in [6.45, 7) is 0. The van der Waals surface area contributed by atoms with Crippen LogP contribution in [0.4, 0.5) is 0 Å². The molecule has 6 N–H and O–H groups in total. The van der Waals surface area contributed by atoms with Crippen molar-refractivity contribution in [2.45, 2.75) is 0 Å². The van der Waals surface area contributed by atoms with Gasteiger partial charge < -0.3 is 29.4 Å². The molecule has 0 heterocycles. The first-order chi connectivity index (χ1) is 4.00. The van der Waals surface area contributed by atoms with E-state index in [1.165, 1.54) is 0 Å². The van der Waals surface area contributed by atoms with Crippen molar-refractivity contribution >= 4 is 141 Å². The normalized spacial score (nSPS) is 8.43. The van der Waals surface area contributed by atoms with Gasteiger partial charge in [0.1, 0.15) is 0 Å². The van der Waals surface area contributed by atoms with Crippen LogP contribution in [0.25, 0.3) is 0 Å². The van der Waals surface area contributed by atoms with Gasteiger partial charge in [0.2, 0.25) is 0 Å². The summed E-state index contributed by atoms with van der Waals surface area (Å²) in [5.74, 6) is 0. The molecule has 0 unspecified atom stereocenters. The minimum absolute atomic E-state index is 0. The van der Waals surface area contributed by atoms with Crippen LogP contribution in [0.3, 0.4) is 0 Å². The number of phosphoric acid groups is 2. The number of hydrogen-bond acceptors (Lipinski definition) is 2. The zero-order valence-electron chi connectivity index (χ0n) is 4.80. The van der Waals surface area contributed by atoms with Gasteiger partial charge in [0.25, 0.3) is 0 Å². The molecular formula is H13Ca3ClO8P2. The molecule has 0 aromatic carbocycles. The molecule has 84 valence electrons. The van der Waals surface area contributed by atoms with Crippen molar-refractivity contribution in [1.29, 1.82) is 0 Å². The van der Waals surface area contributed by atoms with Gasteiger partial charge in [-0.2, -0.15) is 0 Å². The van der Waals surface area contributed by atoms with Crippen LogP contribution in [-0.2, 0) is 9.13 Å². The van der Waals surface area contributed by atoms with E-state index in [2.05, 4.69) is 0 Å².